The molecule has 0 radical (unpaired) electrons. The average Bonchev–Trinajstić information content (AvgIpc) is 2.57. The van der Waals surface area contributed by atoms with Crippen molar-refractivity contribution in [3.63, 3.8) is 0 Å². The number of H-pyrrole nitrogens is 1. The number of nitrogens with one attached hydrogen (secondary N) is 1. The molecule has 1 aromatic carbocycles. The van der Waals surface area contributed by atoms with Gasteiger partial charge < -0.3 is 9.72 Å². The summed E-state index contributed by atoms with van der Waals surface area (Å²) in [6, 6.07) is 6.07. The van der Waals surface area contributed by atoms with Crippen LogP contribution in [0.4, 0.5) is 0 Å². The van der Waals surface area contributed by atoms with Crippen molar-refractivity contribution in [3.05, 3.63) is 28.9 Å². The number of hydrogen-bond acceptors (Lipinski definition) is 1. The maximum Gasteiger partial charge on any atom is 0.120 e. The zero-order valence-electron chi connectivity index (χ0n) is 8.01. The van der Waals surface area contributed by atoms with Crippen LogP contribution in [0, 0.1) is 0 Å². The van der Waals surface area contributed by atoms with Gasteiger partial charge in [-0.1, -0.05) is 6.92 Å². The molecule has 14 heavy (non-hydrogen) atoms. The van der Waals surface area contributed by atoms with Crippen molar-refractivity contribution in [3.8, 4) is 5.75 Å². The van der Waals surface area contributed by atoms with Gasteiger partial charge in [-0.15, -0.1) is 0 Å². The zero-order chi connectivity index (χ0) is 9.97. The third-order valence-corrected chi connectivity index (χ3v) is 2.73. The van der Waals surface area contributed by atoms with Crippen LogP contribution in [0.2, 0.25) is 0 Å². The Morgan fingerprint density at radius 2 is 2.29 bits per heavy atom. The summed E-state index contributed by atoms with van der Waals surface area (Å²) < 4.78 is 6.63. The van der Waals surface area contributed by atoms with E-state index in [-0.39, 0.29) is 0 Å². The van der Waals surface area contributed by atoms with Gasteiger partial charge in [0.1, 0.15) is 5.75 Å². The monoisotopic (exact) mass is 253 g/mol. The SMILES string of the molecule is CCCOc1ccc2[nH]cc(Br)c2c1. The van der Waals surface area contributed by atoms with Crippen LogP contribution in [-0.2, 0) is 0 Å². The summed E-state index contributed by atoms with van der Waals surface area (Å²) in [5.41, 5.74) is 1.13. The Morgan fingerprint density at radius 1 is 1.43 bits per heavy atom. The van der Waals surface area contributed by atoms with Crippen LogP contribution in [0.5, 0.6) is 5.75 Å². The smallest absolute Gasteiger partial charge is 0.120 e. The highest BCUT2D eigenvalue weighted by atomic mass is 79.9. The van der Waals surface area contributed by atoms with Crippen molar-refractivity contribution in [2.75, 3.05) is 6.61 Å². The van der Waals surface area contributed by atoms with Crippen molar-refractivity contribution < 1.29 is 4.74 Å². The minimum atomic E-state index is 0.771. The van der Waals surface area contributed by atoms with Gasteiger partial charge in [0.25, 0.3) is 0 Å². The summed E-state index contributed by atoms with van der Waals surface area (Å²) in [6.07, 6.45) is 2.97. The van der Waals surface area contributed by atoms with Crippen LogP contribution in [0.3, 0.4) is 0 Å². The van der Waals surface area contributed by atoms with E-state index < -0.39 is 0 Å². The van der Waals surface area contributed by atoms with Gasteiger partial charge in [0.05, 0.1) is 6.61 Å². The number of benzene rings is 1. The maximum absolute atomic E-state index is 5.55. The third-order valence-electron chi connectivity index (χ3n) is 2.08. The molecule has 2 aromatic rings. The predicted molar refractivity (Wildman–Crippen MR) is 61.8 cm³/mol. The van der Waals surface area contributed by atoms with Crippen molar-refractivity contribution in [1.82, 2.24) is 4.98 Å². The van der Waals surface area contributed by atoms with Gasteiger partial charge in [-0.2, -0.15) is 0 Å². The number of rotatable bonds is 3. The van der Waals surface area contributed by atoms with Gasteiger partial charge >= 0.3 is 0 Å². The topological polar surface area (TPSA) is 25.0 Å². The van der Waals surface area contributed by atoms with Gasteiger partial charge in [-0.3, -0.25) is 0 Å². The first-order chi connectivity index (χ1) is 6.81. The average molecular weight is 254 g/mol. The van der Waals surface area contributed by atoms with Crippen LogP contribution in [-0.4, -0.2) is 11.6 Å². The Bertz CT molecular complexity index is 436. The Kier molecular flexibility index (Phi) is 2.77. The fourth-order valence-electron chi connectivity index (χ4n) is 1.38. The number of fused-ring (bicyclic) bond motifs is 1. The molecule has 0 fully saturated rings. The first kappa shape index (κ1) is 9.59. The van der Waals surface area contributed by atoms with Crippen LogP contribution in [0.15, 0.2) is 28.9 Å². The number of aromatic nitrogens is 1. The Morgan fingerprint density at radius 3 is 3.07 bits per heavy atom. The molecule has 0 aliphatic rings. The first-order valence-electron chi connectivity index (χ1n) is 4.70. The fourth-order valence-corrected chi connectivity index (χ4v) is 1.82. The largest absolute Gasteiger partial charge is 0.494 e. The van der Waals surface area contributed by atoms with Crippen molar-refractivity contribution >= 4 is 26.8 Å². The predicted octanol–water partition coefficient (Wildman–Crippen LogP) is 3.72. The van der Waals surface area contributed by atoms with Crippen LogP contribution in [0.1, 0.15) is 13.3 Å². The molecule has 2 rings (SSSR count). The summed E-state index contributed by atoms with van der Waals surface area (Å²) in [5.74, 6) is 0.930. The van der Waals surface area contributed by atoms with E-state index in [0.717, 1.165) is 28.8 Å². The molecule has 1 N–H and O–H groups in total. The molecule has 0 unspecified atom stereocenters. The Labute approximate surface area is 91.4 Å². The summed E-state index contributed by atoms with van der Waals surface area (Å²) in [7, 11) is 0. The highest BCUT2D eigenvalue weighted by molar-refractivity contribution is 9.10. The highest BCUT2D eigenvalue weighted by Crippen LogP contribution is 2.27. The minimum Gasteiger partial charge on any atom is -0.494 e. The van der Waals surface area contributed by atoms with Gasteiger partial charge in [0, 0.05) is 21.6 Å². The number of ether oxygens (including phenoxy) is 1. The van der Waals surface area contributed by atoms with Crippen molar-refractivity contribution in [2.24, 2.45) is 0 Å². The van der Waals surface area contributed by atoms with E-state index in [2.05, 4.69) is 27.8 Å². The normalized spacial score (nSPS) is 10.7. The second-order valence-electron chi connectivity index (χ2n) is 3.19. The van der Waals surface area contributed by atoms with E-state index in [9.17, 15) is 0 Å². The van der Waals surface area contributed by atoms with Gasteiger partial charge in [0.15, 0.2) is 0 Å². The molecule has 0 atom stereocenters. The molecule has 3 heteroatoms. The second-order valence-corrected chi connectivity index (χ2v) is 4.05. The molecule has 1 heterocycles. The van der Waals surface area contributed by atoms with E-state index in [1.54, 1.807) is 0 Å². The second kappa shape index (κ2) is 4.05. The maximum atomic E-state index is 5.55. The number of halogens is 1. The lowest BCUT2D eigenvalue weighted by Gasteiger charge is -2.03. The molecular formula is C11H12BrNO. The molecule has 2 nitrogen and oxygen atoms in total. The molecule has 74 valence electrons. The van der Waals surface area contributed by atoms with Crippen molar-refractivity contribution in [1.29, 1.82) is 0 Å². The van der Waals surface area contributed by atoms with E-state index in [1.165, 1.54) is 5.39 Å². The molecule has 0 saturated carbocycles. The summed E-state index contributed by atoms with van der Waals surface area (Å²) in [5, 5.41) is 1.17. The molecule has 0 aliphatic heterocycles. The minimum absolute atomic E-state index is 0.771. The fraction of sp³-hybridized carbons (Fsp3) is 0.273. The molecule has 0 spiro atoms. The van der Waals surface area contributed by atoms with Crippen LogP contribution < -0.4 is 4.74 Å². The number of aromatic amines is 1. The van der Waals surface area contributed by atoms with Gasteiger partial charge in [-0.05, 0) is 40.5 Å². The van der Waals surface area contributed by atoms with Crippen LogP contribution >= 0.6 is 15.9 Å². The van der Waals surface area contributed by atoms with E-state index in [4.69, 9.17) is 4.74 Å². The Hall–Kier alpha value is -0.960. The van der Waals surface area contributed by atoms with E-state index in [1.807, 2.05) is 24.4 Å². The molecule has 0 aliphatic carbocycles. The van der Waals surface area contributed by atoms with Crippen LogP contribution in [0.25, 0.3) is 10.9 Å². The molecule has 1 aromatic heterocycles. The molecule has 0 saturated heterocycles. The lowest BCUT2D eigenvalue weighted by molar-refractivity contribution is 0.318. The first-order valence-corrected chi connectivity index (χ1v) is 5.50. The third kappa shape index (κ3) is 1.77. The lowest BCUT2D eigenvalue weighted by atomic mass is 10.2. The molecular weight excluding hydrogens is 242 g/mol. The highest BCUT2D eigenvalue weighted by Gasteiger charge is 2.02. The van der Waals surface area contributed by atoms with Crippen molar-refractivity contribution in [2.45, 2.75) is 13.3 Å². The van der Waals surface area contributed by atoms with E-state index in [0.29, 0.717) is 0 Å². The molecule has 0 amide bonds. The summed E-state index contributed by atoms with van der Waals surface area (Å²) >= 11 is 3.48. The zero-order valence-corrected chi connectivity index (χ0v) is 9.60. The standard InChI is InChI=1S/C11H12BrNO/c1-2-5-14-8-3-4-11-9(6-8)10(12)7-13-11/h3-4,6-7,13H,2,5H2,1H3. The molecule has 0 bridgehead atoms. The van der Waals surface area contributed by atoms with Gasteiger partial charge in [0.2, 0.25) is 0 Å². The van der Waals surface area contributed by atoms with Gasteiger partial charge in [-0.25, -0.2) is 0 Å². The summed E-state index contributed by atoms with van der Waals surface area (Å²) in [6.45, 7) is 2.87. The lowest BCUT2D eigenvalue weighted by Crippen LogP contribution is -1.94. The Balaban J connectivity index is 2.34. The van der Waals surface area contributed by atoms with E-state index >= 15 is 0 Å². The number of hydrogen-bond donors (Lipinski definition) is 1. The quantitative estimate of drug-likeness (QED) is 0.887. The summed E-state index contributed by atoms with van der Waals surface area (Å²) in [4.78, 5) is 3.17.